The molecule has 4 aromatic rings. The van der Waals surface area contributed by atoms with E-state index in [2.05, 4.69) is 61.7 Å². The van der Waals surface area contributed by atoms with Crippen LogP contribution in [0.3, 0.4) is 0 Å². The van der Waals surface area contributed by atoms with Crippen molar-refractivity contribution in [3.8, 4) is 16.9 Å². The average molecular weight is 492 g/mol. The van der Waals surface area contributed by atoms with Gasteiger partial charge >= 0.3 is 0 Å². The summed E-state index contributed by atoms with van der Waals surface area (Å²) in [5.41, 5.74) is 5.92. The SMILES string of the molecule is CC(C)(C)c1ccc(-[n+]2cc(C(=O)c3ccccc3)ccc2-c2ccccc2)cc1.[O-][Cl+3]([O-])([O-])[O-]. The molecule has 4 rings (SSSR count). The van der Waals surface area contributed by atoms with Crippen LogP contribution < -0.4 is 23.2 Å². The van der Waals surface area contributed by atoms with Crippen molar-refractivity contribution >= 4 is 5.78 Å². The highest BCUT2D eigenvalue weighted by Crippen LogP contribution is 2.24. The monoisotopic (exact) mass is 491 g/mol. The fraction of sp³-hybridized carbons (Fsp3) is 0.143. The molecule has 7 heteroatoms. The van der Waals surface area contributed by atoms with E-state index in [0.29, 0.717) is 11.1 Å². The summed E-state index contributed by atoms with van der Waals surface area (Å²) in [6.45, 7) is 6.64. The topological polar surface area (TPSA) is 113 Å². The first kappa shape index (κ1) is 26.2. The Hall–Kier alpha value is -3.39. The van der Waals surface area contributed by atoms with Crippen molar-refractivity contribution in [2.24, 2.45) is 0 Å². The highest BCUT2D eigenvalue weighted by Gasteiger charge is 2.21. The second-order valence-corrected chi connectivity index (χ2v) is 9.66. The lowest BCUT2D eigenvalue weighted by Gasteiger charge is -2.18. The molecule has 0 fully saturated rings. The van der Waals surface area contributed by atoms with Crippen LogP contribution in [0.1, 0.15) is 42.3 Å². The molecule has 6 nitrogen and oxygen atoms in total. The lowest BCUT2D eigenvalue weighted by atomic mass is 9.87. The standard InChI is InChI=1S/C28H26NO.ClHO4/c1-28(2,3)24-15-17-25(18-16-24)29-20-23(27(30)22-12-8-5-9-13-22)14-19-26(29)21-10-6-4-7-11-21;2-1(3,4)5/h4-20H,1-3H3;(H,2,3,4,5)/q+1;/p-1. The normalized spacial score (nSPS) is 11.4. The molecule has 0 saturated heterocycles. The van der Waals surface area contributed by atoms with E-state index in [0.717, 1.165) is 16.9 Å². The van der Waals surface area contributed by atoms with Gasteiger partial charge in [-0.3, -0.25) is 4.79 Å². The predicted molar refractivity (Wildman–Crippen MR) is 122 cm³/mol. The molecule has 1 heterocycles. The number of benzene rings is 3. The fourth-order valence-electron chi connectivity index (χ4n) is 3.57. The molecule has 0 aliphatic carbocycles. The van der Waals surface area contributed by atoms with Crippen molar-refractivity contribution < 1.29 is 38.2 Å². The minimum atomic E-state index is -4.94. The van der Waals surface area contributed by atoms with Crippen molar-refractivity contribution in [1.82, 2.24) is 0 Å². The van der Waals surface area contributed by atoms with Gasteiger partial charge in [0.15, 0.2) is 12.0 Å². The highest BCUT2D eigenvalue weighted by molar-refractivity contribution is 6.08. The number of pyridine rings is 1. The van der Waals surface area contributed by atoms with E-state index in [1.807, 2.05) is 66.9 Å². The van der Waals surface area contributed by atoms with Crippen LogP contribution in [0.25, 0.3) is 16.9 Å². The smallest absolute Gasteiger partial charge is 0.218 e. The molecule has 0 bridgehead atoms. The van der Waals surface area contributed by atoms with Gasteiger partial charge in [0.1, 0.15) is 0 Å². The number of nitrogens with zero attached hydrogens (tertiary/aromatic N) is 1. The number of halogens is 1. The van der Waals surface area contributed by atoms with Gasteiger partial charge in [-0.05, 0) is 29.2 Å². The summed E-state index contributed by atoms with van der Waals surface area (Å²) in [6.07, 6.45) is 1.95. The van der Waals surface area contributed by atoms with Gasteiger partial charge in [-0.15, -0.1) is 10.2 Å². The third-order valence-corrected chi connectivity index (χ3v) is 5.33. The molecule has 0 radical (unpaired) electrons. The van der Waals surface area contributed by atoms with Gasteiger partial charge in [0.25, 0.3) is 0 Å². The summed E-state index contributed by atoms with van der Waals surface area (Å²) in [5, 5.41) is 0. The van der Waals surface area contributed by atoms with Crippen LogP contribution in [0.2, 0.25) is 0 Å². The second kappa shape index (κ2) is 10.9. The zero-order valence-corrected chi connectivity index (χ0v) is 20.4. The van der Waals surface area contributed by atoms with Crippen molar-refractivity contribution in [3.05, 3.63) is 120 Å². The van der Waals surface area contributed by atoms with Crippen LogP contribution in [0, 0.1) is 10.2 Å². The summed E-state index contributed by atoms with van der Waals surface area (Å²) >= 11 is 0. The summed E-state index contributed by atoms with van der Waals surface area (Å²) in [6, 6.07) is 32.2. The Kier molecular flexibility index (Phi) is 8.17. The summed E-state index contributed by atoms with van der Waals surface area (Å²) in [4.78, 5) is 13.0. The van der Waals surface area contributed by atoms with E-state index in [4.69, 9.17) is 18.6 Å². The van der Waals surface area contributed by atoms with Crippen molar-refractivity contribution in [3.63, 3.8) is 0 Å². The van der Waals surface area contributed by atoms with Crippen molar-refractivity contribution in [2.75, 3.05) is 0 Å². The first-order chi connectivity index (χ1) is 16.4. The Morgan fingerprint density at radius 3 is 1.71 bits per heavy atom. The minimum Gasteiger partial charge on any atom is -0.288 e. The van der Waals surface area contributed by atoms with E-state index in [1.54, 1.807) is 0 Å². The molecule has 0 spiro atoms. The number of hydrogen-bond donors (Lipinski definition) is 0. The number of carbonyl (C=O) groups is 1. The second-order valence-electron chi connectivity index (χ2n) is 8.91. The highest BCUT2D eigenvalue weighted by atomic mass is 35.7. The quantitative estimate of drug-likeness (QED) is 0.316. The van der Waals surface area contributed by atoms with Gasteiger partial charge in [0.2, 0.25) is 11.4 Å². The largest absolute Gasteiger partial charge is 0.288 e. The van der Waals surface area contributed by atoms with Crippen molar-refractivity contribution in [1.29, 1.82) is 0 Å². The molecule has 1 aromatic heterocycles. The third kappa shape index (κ3) is 7.55. The van der Waals surface area contributed by atoms with E-state index < -0.39 is 10.2 Å². The summed E-state index contributed by atoms with van der Waals surface area (Å²) in [5.74, 6) is 0.0234. The van der Waals surface area contributed by atoms with Gasteiger partial charge in [0, 0.05) is 29.3 Å². The van der Waals surface area contributed by atoms with Gasteiger partial charge in [-0.25, -0.2) is 18.6 Å². The van der Waals surface area contributed by atoms with E-state index >= 15 is 0 Å². The molecule has 35 heavy (non-hydrogen) atoms. The Morgan fingerprint density at radius 1 is 0.686 bits per heavy atom. The maximum absolute atomic E-state index is 13.0. The number of carbonyl (C=O) groups excluding carboxylic acids is 1. The van der Waals surface area contributed by atoms with Gasteiger partial charge in [-0.2, -0.15) is 4.57 Å². The predicted octanol–water partition coefficient (Wildman–Crippen LogP) is 1.40. The molecule has 0 N–H and O–H groups in total. The molecule has 0 aliphatic rings. The molecule has 0 amide bonds. The van der Waals surface area contributed by atoms with Crippen LogP contribution in [0.4, 0.5) is 0 Å². The summed E-state index contributed by atoms with van der Waals surface area (Å²) < 4.78 is 36.1. The summed E-state index contributed by atoms with van der Waals surface area (Å²) in [7, 11) is -4.94. The third-order valence-electron chi connectivity index (χ3n) is 5.33. The minimum absolute atomic E-state index is 0.0234. The van der Waals surface area contributed by atoms with Crippen LogP contribution in [-0.2, 0) is 5.41 Å². The molecule has 0 saturated carbocycles. The van der Waals surface area contributed by atoms with Crippen LogP contribution >= 0.6 is 0 Å². The molecule has 180 valence electrons. The van der Waals surface area contributed by atoms with Crippen LogP contribution in [0.15, 0.2) is 103 Å². The van der Waals surface area contributed by atoms with Gasteiger partial charge < -0.3 is 0 Å². The maximum atomic E-state index is 13.0. The molecule has 3 aromatic carbocycles. The lowest BCUT2D eigenvalue weighted by Crippen LogP contribution is -2.68. The zero-order chi connectivity index (χ0) is 25.6. The number of hydrogen-bond acceptors (Lipinski definition) is 5. The van der Waals surface area contributed by atoms with E-state index in [9.17, 15) is 4.79 Å². The van der Waals surface area contributed by atoms with E-state index in [-0.39, 0.29) is 11.2 Å². The maximum Gasteiger partial charge on any atom is 0.218 e. The Labute approximate surface area is 207 Å². The number of aromatic nitrogens is 1. The Bertz CT molecular complexity index is 1260. The zero-order valence-electron chi connectivity index (χ0n) is 19.7. The molecule has 0 unspecified atom stereocenters. The lowest BCUT2D eigenvalue weighted by molar-refractivity contribution is -2.00. The number of ketones is 1. The first-order valence-corrected chi connectivity index (χ1v) is 12.1. The van der Waals surface area contributed by atoms with E-state index in [1.165, 1.54) is 5.56 Å². The Morgan fingerprint density at radius 2 is 1.20 bits per heavy atom. The Balaban J connectivity index is 0.000000623. The number of rotatable bonds is 4. The van der Waals surface area contributed by atoms with Gasteiger partial charge in [0.05, 0.1) is 5.56 Å². The van der Waals surface area contributed by atoms with Crippen LogP contribution in [-0.4, -0.2) is 5.78 Å². The van der Waals surface area contributed by atoms with Crippen LogP contribution in [0.5, 0.6) is 0 Å². The first-order valence-electron chi connectivity index (χ1n) is 10.9. The van der Waals surface area contributed by atoms with Crippen molar-refractivity contribution in [2.45, 2.75) is 26.2 Å². The average Bonchev–Trinajstić information content (AvgIpc) is 2.83. The molecule has 0 aliphatic heterocycles. The fourth-order valence-corrected chi connectivity index (χ4v) is 3.57. The molecular weight excluding hydrogens is 466 g/mol. The van der Waals surface area contributed by atoms with Gasteiger partial charge in [-0.1, -0.05) is 81.4 Å². The molecular formula is C28H26ClNO5. The molecule has 0 atom stereocenters.